The van der Waals surface area contributed by atoms with E-state index in [-0.39, 0.29) is 28.2 Å². The zero-order chi connectivity index (χ0) is 16.4. The van der Waals surface area contributed by atoms with E-state index in [1.807, 2.05) is 6.92 Å². The SMILES string of the molecule is CCCN(C1CCNC1)S(=O)(=O)c1cccc(S(N)(=O)=O)c1.Cl. The van der Waals surface area contributed by atoms with Crippen LogP contribution in [0.3, 0.4) is 0 Å². The normalized spacial score (nSPS) is 18.8. The molecule has 23 heavy (non-hydrogen) atoms. The molecule has 1 atom stereocenters. The van der Waals surface area contributed by atoms with Crippen molar-refractivity contribution in [2.45, 2.75) is 35.6 Å². The van der Waals surface area contributed by atoms with Crippen LogP contribution in [0.15, 0.2) is 34.1 Å². The summed E-state index contributed by atoms with van der Waals surface area (Å²) in [5.74, 6) is 0. The summed E-state index contributed by atoms with van der Waals surface area (Å²) in [4.78, 5) is -0.242. The molecule has 0 aromatic heterocycles. The predicted molar refractivity (Wildman–Crippen MR) is 90.5 cm³/mol. The second kappa shape index (κ2) is 7.91. The first-order valence-electron chi connectivity index (χ1n) is 7.12. The molecular formula is C13H22ClN3O4S2. The number of sulfonamides is 2. The van der Waals surface area contributed by atoms with Gasteiger partial charge in [-0.2, -0.15) is 4.31 Å². The zero-order valence-corrected chi connectivity index (χ0v) is 15.3. The van der Waals surface area contributed by atoms with Crippen molar-refractivity contribution in [1.82, 2.24) is 9.62 Å². The van der Waals surface area contributed by atoms with Crippen molar-refractivity contribution in [1.29, 1.82) is 0 Å². The van der Waals surface area contributed by atoms with E-state index < -0.39 is 20.0 Å². The Labute approximate surface area is 143 Å². The molecule has 0 radical (unpaired) electrons. The lowest BCUT2D eigenvalue weighted by Gasteiger charge is -2.27. The van der Waals surface area contributed by atoms with Crippen molar-refractivity contribution < 1.29 is 16.8 Å². The molecule has 7 nitrogen and oxygen atoms in total. The number of benzene rings is 1. The number of hydrogen-bond donors (Lipinski definition) is 2. The second-order valence-electron chi connectivity index (χ2n) is 5.28. The largest absolute Gasteiger partial charge is 0.315 e. The topological polar surface area (TPSA) is 110 Å². The summed E-state index contributed by atoms with van der Waals surface area (Å²) in [6, 6.07) is 5.09. The van der Waals surface area contributed by atoms with Crippen LogP contribution in [0, 0.1) is 0 Å². The molecule has 1 fully saturated rings. The Bertz CT molecular complexity index is 731. The van der Waals surface area contributed by atoms with Gasteiger partial charge in [0.2, 0.25) is 20.0 Å². The Balaban J connectivity index is 0.00000264. The summed E-state index contributed by atoms with van der Waals surface area (Å²) in [5.41, 5.74) is 0. The fourth-order valence-electron chi connectivity index (χ4n) is 2.55. The van der Waals surface area contributed by atoms with Crippen molar-refractivity contribution >= 4 is 32.5 Å². The molecule has 1 saturated heterocycles. The number of hydrogen-bond acceptors (Lipinski definition) is 5. The molecule has 0 bridgehead atoms. The Kier molecular flexibility index (Phi) is 6.99. The minimum Gasteiger partial charge on any atom is -0.315 e. The highest BCUT2D eigenvalue weighted by atomic mass is 35.5. The molecule has 1 aliphatic rings. The number of primary sulfonamides is 1. The van der Waals surface area contributed by atoms with E-state index in [9.17, 15) is 16.8 Å². The Hall–Kier alpha value is -0.710. The lowest BCUT2D eigenvalue weighted by molar-refractivity contribution is 0.335. The number of rotatable bonds is 6. The summed E-state index contributed by atoms with van der Waals surface area (Å²) in [6.07, 6.45) is 1.43. The van der Waals surface area contributed by atoms with Crippen LogP contribution in [0.1, 0.15) is 19.8 Å². The van der Waals surface area contributed by atoms with Gasteiger partial charge in [-0.3, -0.25) is 0 Å². The zero-order valence-electron chi connectivity index (χ0n) is 12.8. The summed E-state index contributed by atoms with van der Waals surface area (Å²) in [6.45, 7) is 3.69. The van der Waals surface area contributed by atoms with Crippen molar-refractivity contribution in [3.63, 3.8) is 0 Å². The number of nitrogens with zero attached hydrogens (tertiary/aromatic N) is 1. The van der Waals surface area contributed by atoms with Crippen LogP contribution in [-0.2, 0) is 20.0 Å². The maximum atomic E-state index is 12.9. The molecule has 1 aliphatic heterocycles. The standard InChI is InChI=1S/C13H21N3O4S2.ClH/c1-2-8-16(11-6-7-15-10-11)22(19,20)13-5-3-4-12(9-13)21(14,17)18;/h3-5,9,11,15H,2,6-8,10H2,1H3,(H2,14,17,18);1H. The Morgan fingerprint density at radius 3 is 2.43 bits per heavy atom. The van der Waals surface area contributed by atoms with Gasteiger partial charge in [0.15, 0.2) is 0 Å². The monoisotopic (exact) mass is 383 g/mol. The number of nitrogens with one attached hydrogen (secondary N) is 1. The molecule has 0 saturated carbocycles. The molecule has 0 amide bonds. The van der Waals surface area contributed by atoms with Crippen molar-refractivity contribution in [3.8, 4) is 0 Å². The molecule has 1 aromatic rings. The van der Waals surface area contributed by atoms with Crippen molar-refractivity contribution in [2.75, 3.05) is 19.6 Å². The molecule has 1 heterocycles. The third-order valence-corrected chi connectivity index (χ3v) is 6.49. The van der Waals surface area contributed by atoms with Gasteiger partial charge in [0.05, 0.1) is 9.79 Å². The van der Waals surface area contributed by atoms with Crippen LogP contribution < -0.4 is 10.5 Å². The van der Waals surface area contributed by atoms with Gasteiger partial charge in [0.25, 0.3) is 0 Å². The maximum absolute atomic E-state index is 12.9. The van der Waals surface area contributed by atoms with Gasteiger partial charge in [-0.05, 0) is 37.6 Å². The minimum atomic E-state index is -3.94. The van der Waals surface area contributed by atoms with Crippen LogP contribution in [0.25, 0.3) is 0 Å². The molecule has 2 rings (SSSR count). The highest BCUT2D eigenvalue weighted by Gasteiger charge is 2.33. The fourth-order valence-corrected chi connectivity index (χ4v) is 4.98. The molecule has 1 aromatic carbocycles. The first-order chi connectivity index (χ1) is 10.3. The molecule has 10 heteroatoms. The Morgan fingerprint density at radius 1 is 1.26 bits per heavy atom. The maximum Gasteiger partial charge on any atom is 0.243 e. The third-order valence-electron chi connectivity index (χ3n) is 3.63. The van der Waals surface area contributed by atoms with E-state index in [4.69, 9.17) is 5.14 Å². The highest BCUT2D eigenvalue weighted by molar-refractivity contribution is 7.90. The van der Waals surface area contributed by atoms with Gasteiger partial charge < -0.3 is 5.32 Å². The average molecular weight is 384 g/mol. The van der Waals surface area contributed by atoms with Crippen LogP contribution in [0.5, 0.6) is 0 Å². The van der Waals surface area contributed by atoms with E-state index in [1.165, 1.54) is 22.5 Å². The minimum absolute atomic E-state index is 0. The van der Waals surface area contributed by atoms with E-state index in [1.54, 1.807) is 0 Å². The Morgan fingerprint density at radius 2 is 1.91 bits per heavy atom. The van der Waals surface area contributed by atoms with Gasteiger partial charge >= 0.3 is 0 Å². The van der Waals surface area contributed by atoms with Crippen molar-refractivity contribution in [2.24, 2.45) is 5.14 Å². The van der Waals surface area contributed by atoms with E-state index in [0.717, 1.165) is 19.0 Å². The number of nitrogens with two attached hydrogens (primary N) is 1. The predicted octanol–water partition coefficient (Wildman–Crippen LogP) is 0.518. The second-order valence-corrected chi connectivity index (χ2v) is 8.73. The summed E-state index contributed by atoms with van der Waals surface area (Å²) in [7, 11) is -7.69. The molecule has 0 aliphatic carbocycles. The third kappa shape index (κ3) is 4.65. The summed E-state index contributed by atoms with van der Waals surface area (Å²) >= 11 is 0. The lowest BCUT2D eigenvalue weighted by atomic mass is 10.2. The van der Waals surface area contributed by atoms with Gasteiger partial charge in [0, 0.05) is 19.1 Å². The molecule has 0 spiro atoms. The quantitative estimate of drug-likeness (QED) is 0.744. The highest BCUT2D eigenvalue weighted by Crippen LogP contribution is 2.23. The summed E-state index contributed by atoms with van der Waals surface area (Å²) in [5, 5.41) is 8.23. The van der Waals surface area contributed by atoms with Gasteiger partial charge in [0.1, 0.15) is 0 Å². The van der Waals surface area contributed by atoms with Crippen LogP contribution in [0.4, 0.5) is 0 Å². The molecule has 1 unspecified atom stereocenters. The van der Waals surface area contributed by atoms with E-state index in [2.05, 4.69) is 5.32 Å². The summed E-state index contributed by atoms with van der Waals surface area (Å²) < 4.78 is 50.0. The van der Waals surface area contributed by atoms with Crippen LogP contribution >= 0.6 is 12.4 Å². The van der Waals surface area contributed by atoms with Crippen LogP contribution in [0.2, 0.25) is 0 Å². The van der Waals surface area contributed by atoms with Crippen molar-refractivity contribution in [3.05, 3.63) is 24.3 Å². The van der Waals surface area contributed by atoms with Gasteiger partial charge in [-0.1, -0.05) is 13.0 Å². The van der Waals surface area contributed by atoms with Gasteiger partial charge in [-0.15, -0.1) is 12.4 Å². The van der Waals surface area contributed by atoms with Gasteiger partial charge in [-0.25, -0.2) is 22.0 Å². The van der Waals surface area contributed by atoms with E-state index >= 15 is 0 Å². The molecule has 132 valence electrons. The number of halogens is 1. The average Bonchev–Trinajstić information content (AvgIpc) is 2.97. The molecular weight excluding hydrogens is 362 g/mol. The smallest absolute Gasteiger partial charge is 0.243 e. The fraction of sp³-hybridized carbons (Fsp3) is 0.538. The molecule has 3 N–H and O–H groups in total. The van der Waals surface area contributed by atoms with Crippen LogP contribution in [-0.4, -0.2) is 46.8 Å². The van der Waals surface area contributed by atoms with E-state index in [0.29, 0.717) is 19.5 Å². The first-order valence-corrected chi connectivity index (χ1v) is 10.1. The lowest BCUT2D eigenvalue weighted by Crippen LogP contribution is -2.42. The first kappa shape index (κ1) is 20.3.